The highest BCUT2D eigenvalue weighted by Crippen LogP contribution is 2.22. The minimum atomic E-state index is -1.49. The number of aliphatic hydroxyl groups is 1. The molecule has 2 atom stereocenters. The third-order valence-electron chi connectivity index (χ3n) is 5.47. The van der Waals surface area contributed by atoms with Crippen LogP contribution in [-0.2, 0) is 22.3 Å². The molecule has 7 nitrogen and oxygen atoms in total. The highest BCUT2D eigenvalue weighted by molar-refractivity contribution is 5.69. The van der Waals surface area contributed by atoms with Crippen LogP contribution in [0.3, 0.4) is 0 Å². The van der Waals surface area contributed by atoms with Crippen LogP contribution in [0.4, 0.5) is 14.0 Å². The van der Waals surface area contributed by atoms with Gasteiger partial charge in [-0.05, 0) is 71.1 Å². The Kier molecular flexibility index (Phi) is 10.5. The molecule has 37 heavy (non-hydrogen) atoms. The van der Waals surface area contributed by atoms with Crippen molar-refractivity contribution in [2.75, 3.05) is 13.3 Å². The van der Waals surface area contributed by atoms with Gasteiger partial charge in [-0.2, -0.15) is 0 Å². The van der Waals surface area contributed by atoms with Gasteiger partial charge in [-0.1, -0.05) is 54.6 Å². The van der Waals surface area contributed by atoms with Gasteiger partial charge in [-0.25, -0.2) is 14.0 Å². The zero-order valence-electron chi connectivity index (χ0n) is 22.8. The zero-order chi connectivity index (χ0) is 27.7. The van der Waals surface area contributed by atoms with Gasteiger partial charge in [0.25, 0.3) is 0 Å². The van der Waals surface area contributed by atoms with E-state index in [1.807, 2.05) is 75.4 Å². The first-order valence-electron chi connectivity index (χ1n) is 12.5. The molecular formula is C29H41FN2O5. The van der Waals surface area contributed by atoms with Crippen LogP contribution in [0.15, 0.2) is 54.6 Å². The quantitative estimate of drug-likeness (QED) is 0.379. The highest BCUT2D eigenvalue weighted by atomic mass is 19.1. The number of ether oxygens (including phenoxy) is 2. The number of nitrogens with one attached hydrogen (secondary N) is 2. The van der Waals surface area contributed by atoms with Crippen LogP contribution >= 0.6 is 0 Å². The second-order valence-corrected chi connectivity index (χ2v) is 11.3. The molecule has 0 aromatic heterocycles. The van der Waals surface area contributed by atoms with E-state index in [4.69, 9.17) is 9.47 Å². The lowest BCUT2D eigenvalue weighted by atomic mass is 9.91. The molecule has 0 spiro atoms. The molecule has 0 bridgehead atoms. The summed E-state index contributed by atoms with van der Waals surface area (Å²) >= 11 is 0. The fourth-order valence-corrected chi connectivity index (χ4v) is 3.84. The summed E-state index contributed by atoms with van der Waals surface area (Å²) in [6, 6.07) is 17.0. The Labute approximate surface area is 219 Å². The number of benzene rings is 2. The highest BCUT2D eigenvalue weighted by Gasteiger charge is 2.34. The van der Waals surface area contributed by atoms with Crippen molar-refractivity contribution in [2.45, 2.75) is 83.6 Å². The van der Waals surface area contributed by atoms with Crippen LogP contribution in [0.2, 0.25) is 0 Å². The van der Waals surface area contributed by atoms with E-state index in [0.717, 1.165) is 16.7 Å². The first kappa shape index (κ1) is 30.1. The third-order valence-corrected chi connectivity index (χ3v) is 5.47. The van der Waals surface area contributed by atoms with Crippen molar-refractivity contribution in [3.63, 3.8) is 0 Å². The average Bonchev–Trinajstić information content (AvgIpc) is 2.79. The lowest BCUT2D eigenvalue weighted by Crippen LogP contribution is -2.56. The summed E-state index contributed by atoms with van der Waals surface area (Å²) in [5.41, 5.74) is -0.148. The van der Waals surface area contributed by atoms with Gasteiger partial charge in [0.2, 0.25) is 0 Å². The van der Waals surface area contributed by atoms with Crippen molar-refractivity contribution < 1.29 is 28.6 Å². The van der Waals surface area contributed by atoms with Crippen molar-refractivity contribution >= 4 is 12.2 Å². The SMILES string of the molecule is CC(C)(C)OC(=O)NC(CCc1cccc(CC(CO)(CF)NC(=O)OC(C)(C)C)c1)c1ccccc1. The molecule has 2 rings (SSSR count). The van der Waals surface area contributed by atoms with Gasteiger partial charge >= 0.3 is 12.2 Å². The van der Waals surface area contributed by atoms with Crippen LogP contribution in [0.1, 0.15) is 70.7 Å². The lowest BCUT2D eigenvalue weighted by Gasteiger charge is -2.31. The molecule has 0 heterocycles. The number of carbonyl (C=O) groups is 2. The molecule has 8 heteroatoms. The second-order valence-electron chi connectivity index (χ2n) is 11.3. The van der Waals surface area contributed by atoms with Gasteiger partial charge < -0.3 is 25.2 Å². The fraction of sp³-hybridized carbons (Fsp3) is 0.517. The lowest BCUT2D eigenvalue weighted by molar-refractivity contribution is 0.0361. The van der Waals surface area contributed by atoms with Crippen molar-refractivity contribution in [2.24, 2.45) is 0 Å². The smallest absolute Gasteiger partial charge is 0.408 e. The standard InChI is InChI=1S/C29H41FN2O5/c1-27(2,3)36-25(34)31-24(23-13-8-7-9-14-23)16-15-21-11-10-12-22(17-21)18-29(19-30,20-33)32-26(35)37-28(4,5)6/h7-14,17,24,33H,15-16,18-20H2,1-6H3,(H,31,34)(H,32,35). The van der Waals surface area contributed by atoms with E-state index in [0.29, 0.717) is 12.8 Å². The van der Waals surface area contributed by atoms with Gasteiger partial charge in [0.1, 0.15) is 17.9 Å². The Bertz CT molecular complexity index is 1010. The Morgan fingerprint density at radius 1 is 0.892 bits per heavy atom. The average molecular weight is 517 g/mol. The predicted octanol–water partition coefficient (Wildman–Crippen LogP) is 5.65. The molecule has 0 fully saturated rings. The van der Waals surface area contributed by atoms with Crippen LogP contribution in [-0.4, -0.2) is 47.3 Å². The van der Waals surface area contributed by atoms with Crippen LogP contribution in [0, 0.1) is 0 Å². The van der Waals surface area contributed by atoms with Crippen LogP contribution in [0.5, 0.6) is 0 Å². The minimum absolute atomic E-state index is 0.0886. The van der Waals surface area contributed by atoms with E-state index in [9.17, 15) is 19.1 Å². The van der Waals surface area contributed by atoms with Crippen molar-refractivity contribution in [3.05, 3.63) is 71.3 Å². The van der Waals surface area contributed by atoms with Gasteiger partial charge in [0.05, 0.1) is 18.2 Å². The maximum absolute atomic E-state index is 14.1. The van der Waals surface area contributed by atoms with Gasteiger partial charge in [0.15, 0.2) is 0 Å². The molecule has 0 aliphatic heterocycles. The summed E-state index contributed by atoms with van der Waals surface area (Å²) in [4.78, 5) is 24.7. The van der Waals surface area contributed by atoms with E-state index in [1.165, 1.54) is 0 Å². The maximum Gasteiger partial charge on any atom is 0.408 e. The molecule has 204 valence electrons. The molecule has 2 aromatic carbocycles. The molecule has 2 amide bonds. The van der Waals surface area contributed by atoms with E-state index in [1.54, 1.807) is 20.8 Å². The number of alkyl carbamates (subject to hydrolysis) is 2. The summed E-state index contributed by atoms with van der Waals surface area (Å²) < 4.78 is 24.8. The molecule has 2 unspecified atom stereocenters. The van der Waals surface area contributed by atoms with Crippen molar-refractivity contribution in [3.8, 4) is 0 Å². The Hall–Kier alpha value is -3.13. The first-order chi connectivity index (χ1) is 17.2. The monoisotopic (exact) mass is 516 g/mol. The second kappa shape index (κ2) is 12.9. The van der Waals surface area contributed by atoms with E-state index < -0.39 is 42.2 Å². The largest absolute Gasteiger partial charge is 0.444 e. The summed E-state index contributed by atoms with van der Waals surface area (Å²) in [6.07, 6.45) is 0.0562. The van der Waals surface area contributed by atoms with E-state index >= 15 is 0 Å². The minimum Gasteiger partial charge on any atom is -0.444 e. The maximum atomic E-state index is 14.1. The van der Waals surface area contributed by atoms with Gasteiger partial charge in [-0.15, -0.1) is 0 Å². The number of carbonyl (C=O) groups excluding carboxylic acids is 2. The van der Waals surface area contributed by atoms with Gasteiger partial charge in [-0.3, -0.25) is 0 Å². The Balaban J connectivity index is 2.14. The fourth-order valence-electron chi connectivity index (χ4n) is 3.84. The zero-order valence-corrected chi connectivity index (χ0v) is 22.8. The Morgan fingerprint density at radius 2 is 1.49 bits per heavy atom. The summed E-state index contributed by atoms with van der Waals surface area (Å²) in [5.74, 6) is 0. The van der Waals surface area contributed by atoms with Crippen LogP contribution < -0.4 is 10.6 Å². The topological polar surface area (TPSA) is 96.9 Å². The third kappa shape index (κ3) is 10.8. The van der Waals surface area contributed by atoms with E-state index in [2.05, 4.69) is 10.6 Å². The first-order valence-corrected chi connectivity index (χ1v) is 12.5. The molecule has 0 aliphatic rings. The molecule has 2 aromatic rings. The summed E-state index contributed by atoms with van der Waals surface area (Å²) in [5, 5.41) is 15.4. The summed E-state index contributed by atoms with van der Waals surface area (Å²) in [6.45, 7) is 9.06. The number of amides is 2. The van der Waals surface area contributed by atoms with E-state index in [-0.39, 0.29) is 12.5 Å². The number of aliphatic hydroxyl groups excluding tert-OH is 1. The molecule has 3 N–H and O–H groups in total. The number of aryl methyl sites for hydroxylation is 1. The van der Waals surface area contributed by atoms with Crippen LogP contribution in [0.25, 0.3) is 0 Å². The molecular weight excluding hydrogens is 475 g/mol. The number of hydrogen-bond donors (Lipinski definition) is 3. The number of alkyl halides is 1. The van der Waals surface area contributed by atoms with Crippen molar-refractivity contribution in [1.82, 2.24) is 10.6 Å². The normalized spacial score (nSPS) is 14.3. The molecule has 0 saturated carbocycles. The number of rotatable bonds is 10. The molecule has 0 aliphatic carbocycles. The number of hydrogen-bond acceptors (Lipinski definition) is 5. The Morgan fingerprint density at radius 3 is 2.05 bits per heavy atom. The molecule has 0 radical (unpaired) electrons. The van der Waals surface area contributed by atoms with Gasteiger partial charge in [0, 0.05) is 6.42 Å². The molecule has 0 saturated heterocycles. The number of halogens is 1. The predicted molar refractivity (Wildman–Crippen MR) is 142 cm³/mol. The van der Waals surface area contributed by atoms with Crippen molar-refractivity contribution in [1.29, 1.82) is 0 Å². The summed E-state index contributed by atoms with van der Waals surface area (Å²) in [7, 11) is 0.